The molecule has 2 aromatic rings. The van der Waals surface area contributed by atoms with Crippen LogP contribution < -0.4 is 10.6 Å². The summed E-state index contributed by atoms with van der Waals surface area (Å²) in [5, 5.41) is 5.23. The van der Waals surface area contributed by atoms with Gasteiger partial charge in [-0.15, -0.1) is 0 Å². The minimum Gasteiger partial charge on any atom is -0.348 e. The molecule has 1 aromatic carbocycles. The lowest BCUT2D eigenvalue weighted by Crippen LogP contribution is -2.45. The number of urea groups is 1. The standard InChI is InChI=1S/C17H17F2N5O2/c1-9(12-4-3-11(18)5-13(12)19)21-16(25)8-24-7-15-14(23-17(24)26)6-20-10(2)22-15/h3-6,9H,7-8H2,1-2H3,(H,21,25)(H,23,26)/t9-/m0/s1. The number of rotatable bonds is 4. The van der Waals surface area contributed by atoms with Crippen LogP contribution in [0.4, 0.5) is 19.3 Å². The Kier molecular flexibility index (Phi) is 4.79. The van der Waals surface area contributed by atoms with Crippen LogP contribution >= 0.6 is 0 Å². The second-order valence-electron chi connectivity index (χ2n) is 6.02. The molecule has 1 aliphatic heterocycles. The number of halogens is 2. The molecule has 0 unspecified atom stereocenters. The van der Waals surface area contributed by atoms with Gasteiger partial charge in [0.1, 0.15) is 24.0 Å². The molecule has 9 heteroatoms. The maximum absolute atomic E-state index is 13.8. The summed E-state index contributed by atoms with van der Waals surface area (Å²) in [6, 6.07) is 2.04. The zero-order chi connectivity index (χ0) is 18.8. The summed E-state index contributed by atoms with van der Waals surface area (Å²) in [5.41, 5.74) is 1.29. The maximum Gasteiger partial charge on any atom is 0.322 e. The molecular weight excluding hydrogens is 344 g/mol. The Labute approximate surface area is 148 Å². The van der Waals surface area contributed by atoms with Crippen molar-refractivity contribution in [2.45, 2.75) is 26.4 Å². The van der Waals surface area contributed by atoms with Crippen molar-refractivity contribution >= 4 is 17.6 Å². The van der Waals surface area contributed by atoms with Crippen LogP contribution in [0.1, 0.15) is 30.0 Å². The summed E-state index contributed by atoms with van der Waals surface area (Å²) in [6.07, 6.45) is 1.52. The summed E-state index contributed by atoms with van der Waals surface area (Å²) < 4.78 is 26.8. The van der Waals surface area contributed by atoms with E-state index in [9.17, 15) is 18.4 Å². The van der Waals surface area contributed by atoms with Crippen LogP contribution in [-0.4, -0.2) is 33.4 Å². The molecule has 0 fully saturated rings. The molecule has 0 radical (unpaired) electrons. The second kappa shape index (κ2) is 7.03. The molecule has 2 heterocycles. The van der Waals surface area contributed by atoms with E-state index in [2.05, 4.69) is 20.6 Å². The zero-order valence-electron chi connectivity index (χ0n) is 14.2. The van der Waals surface area contributed by atoms with Crippen LogP contribution in [0.5, 0.6) is 0 Å². The Morgan fingerprint density at radius 2 is 2.19 bits per heavy atom. The smallest absolute Gasteiger partial charge is 0.322 e. The number of amides is 3. The van der Waals surface area contributed by atoms with E-state index >= 15 is 0 Å². The number of aryl methyl sites for hydroxylation is 1. The molecule has 0 saturated carbocycles. The van der Waals surface area contributed by atoms with Crippen molar-refractivity contribution in [3.63, 3.8) is 0 Å². The fraction of sp³-hybridized carbons (Fsp3) is 0.294. The molecule has 1 aliphatic rings. The number of aromatic nitrogens is 2. The number of carbonyl (C=O) groups is 2. The fourth-order valence-corrected chi connectivity index (χ4v) is 2.71. The van der Waals surface area contributed by atoms with Crippen molar-refractivity contribution in [2.24, 2.45) is 0 Å². The third-order valence-electron chi connectivity index (χ3n) is 4.00. The zero-order valence-corrected chi connectivity index (χ0v) is 14.2. The highest BCUT2D eigenvalue weighted by Crippen LogP contribution is 2.21. The van der Waals surface area contributed by atoms with Gasteiger partial charge in [0.15, 0.2) is 0 Å². The average molecular weight is 361 g/mol. The highest BCUT2D eigenvalue weighted by atomic mass is 19.1. The minimum atomic E-state index is -0.741. The average Bonchev–Trinajstić information content (AvgIpc) is 2.55. The van der Waals surface area contributed by atoms with Crippen LogP contribution in [0.15, 0.2) is 24.4 Å². The van der Waals surface area contributed by atoms with E-state index in [-0.39, 0.29) is 18.7 Å². The second-order valence-corrected chi connectivity index (χ2v) is 6.02. The summed E-state index contributed by atoms with van der Waals surface area (Å²) in [5.74, 6) is -1.34. The van der Waals surface area contributed by atoms with E-state index in [0.717, 1.165) is 12.1 Å². The SMILES string of the molecule is Cc1ncc2c(n1)CN(CC(=O)N[C@@H](C)c1ccc(F)cc1F)C(=O)N2. The number of nitrogens with zero attached hydrogens (tertiary/aromatic N) is 3. The van der Waals surface area contributed by atoms with Gasteiger partial charge in [0, 0.05) is 11.6 Å². The highest BCUT2D eigenvalue weighted by Gasteiger charge is 2.26. The molecule has 26 heavy (non-hydrogen) atoms. The van der Waals surface area contributed by atoms with E-state index < -0.39 is 29.6 Å². The number of fused-ring (bicyclic) bond motifs is 1. The lowest BCUT2D eigenvalue weighted by Gasteiger charge is -2.28. The van der Waals surface area contributed by atoms with Gasteiger partial charge in [-0.1, -0.05) is 6.07 Å². The Morgan fingerprint density at radius 1 is 1.42 bits per heavy atom. The molecule has 3 amide bonds. The Balaban J connectivity index is 1.65. The van der Waals surface area contributed by atoms with Crippen molar-refractivity contribution in [3.8, 4) is 0 Å². The van der Waals surface area contributed by atoms with E-state index in [1.165, 1.54) is 17.2 Å². The summed E-state index contributed by atoms with van der Waals surface area (Å²) >= 11 is 0. The van der Waals surface area contributed by atoms with Crippen LogP contribution in [0.25, 0.3) is 0 Å². The van der Waals surface area contributed by atoms with Gasteiger partial charge >= 0.3 is 6.03 Å². The number of benzene rings is 1. The van der Waals surface area contributed by atoms with Crippen molar-refractivity contribution in [1.29, 1.82) is 0 Å². The first-order valence-electron chi connectivity index (χ1n) is 7.96. The Morgan fingerprint density at radius 3 is 2.92 bits per heavy atom. The summed E-state index contributed by atoms with van der Waals surface area (Å²) in [7, 11) is 0. The number of anilines is 1. The number of nitrogens with one attached hydrogen (secondary N) is 2. The van der Waals surface area contributed by atoms with Gasteiger partial charge in [-0.25, -0.2) is 23.5 Å². The van der Waals surface area contributed by atoms with E-state index in [1.54, 1.807) is 13.8 Å². The van der Waals surface area contributed by atoms with Gasteiger partial charge in [0.2, 0.25) is 5.91 Å². The molecule has 0 saturated heterocycles. The molecule has 0 bridgehead atoms. The first kappa shape index (κ1) is 17.7. The van der Waals surface area contributed by atoms with Crippen molar-refractivity contribution in [3.05, 3.63) is 53.1 Å². The van der Waals surface area contributed by atoms with Crippen LogP contribution in [-0.2, 0) is 11.3 Å². The lowest BCUT2D eigenvalue weighted by atomic mass is 10.1. The van der Waals surface area contributed by atoms with Gasteiger partial charge in [-0.2, -0.15) is 0 Å². The first-order chi connectivity index (χ1) is 12.3. The van der Waals surface area contributed by atoms with Crippen molar-refractivity contribution < 1.29 is 18.4 Å². The molecule has 0 spiro atoms. The summed E-state index contributed by atoms with van der Waals surface area (Å²) in [4.78, 5) is 33.9. The Bertz CT molecular complexity index is 874. The fourth-order valence-electron chi connectivity index (χ4n) is 2.71. The van der Waals surface area contributed by atoms with Gasteiger partial charge in [0.25, 0.3) is 0 Å². The largest absolute Gasteiger partial charge is 0.348 e. The van der Waals surface area contributed by atoms with E-state index in [1.807, 2.05) is 0 Å². The predicted octanol–water partition coefficient (Wildman–Crippen LogP) is 2.29. The van der Waals surface area contributed by atoms with Gasteiger partial charge < -0.3 is 15.5 Å². The quantitative estimate of drug-likeness (QED) is 0.875. The molecule has 136 valence electrons. The molecule has 2 N–H and O–H groups in total. The number of carbonyl (C=O) groups excluding carboxylic acids is 2. The van der Waals surface area contributed by atoms with Crippen molar-refractivity contribution in [1.82, 2.24) is 20.2 Å². The number of hydrogen-bond donors (Lipinski definition) is 2. The highest BCUT2D eigenvalue weighted by molar-refractivity contribution is 5.94. The van der Waals surface area contributed by atoms with E-state index in [0.29, 0.717) is 17.2 Å². The number of hydrogen-bond acceptors (Lipinski definition) is 4. The predicted molar refractivity (Wildman–Crippen MR) is 89.1 cm³/mol. The van der Waals surface area contributed by atoms with Crippen molar-refractivity contribution in [2.75, 3.05) is 11.9 Å². The van der Waals surface area contributed by atoms with Gasteiger partial charge in [-0.05, 0) is 19.9 Å². The molecule has 0 aliphatic carbocycles. The van der Waals surface area contributed by atoms with Crippen LogP contribution in [0.3, 0.4) is 0 Å². The van der Waals surface area contributed by atoms with Gasteiger partial charge in [0.05, 0.1) is 30.2 Å². The monoisotopic (exact) mass is 361 g/mol. The van der Waals surface area contributed by atoms with Gasteiger partial charge in [-0.3, -0.25) is 4.79 Å². The topological polar surface area (TPSA) is 87.2 Å². The molecule has 1 aromatic heterocycles. The minimum absolute atomic E-state index is 0.163. The normalized spacial score (nSPS) is 14.5. The third-order valence-corrected chi connectivity index (χ3v) is 4.00. The Hall–Kier alpha value is -3.10. The van der Waals surface area contributed by atoms with Crippen LogP contribution in [0, 0.1) is 18.6 Å². The third kappa shape index (κ3) is 3.76. The molecule has 3 rings (SSSR count). The summed E-state index contributed by atoms with van der Waals surface area (Å²) in [6.45, 7) is 3.25. The molecular formula is C17H17F2N5O2. The first-order valence-corrected chi connectivity index (χ1v) is 7.96. The van der Waals surface area contributed by atoms with Crippen LogP contribution in [0.2, 0.25) is 0 Å². The molecule has 7 nitrogen and oxygen atoms in total. The van der Waals surface area contributed by atoms with E-state index in [4.69, 9.17) is 0 Å². The molecule has 1 atom stereocenters. The lowest BCUT2D eigenvalue weighted by molar-refractivity contribution is -0.122. The maximum atomic E-state index is 13.8.